The fourth-order valence-electron chi connectivity index (χ4n) is 3.73. The highest BCUT2D eigenvalue weighted by molar-refractivity contribution is 5.93. The highest BCUT2D eigenvalue weighted by atomic mass is 19.1. The molecule has 0 spiro atoms. The van der Waals surface area contributed by atoms with Crippen molar-refractivity contribution in [2.24, 2.45) is 5.92 Å². The van der Waals surface area contributed by atoms with Crippen LogP contribution >= 0.6 is 0 Å². The van der Waals surface area contributed by atoms with E-state index >= 15 is 0 Å². The van der Waals surface area contributed by atoms with E-state index in [4.69, 9.17) is 0 Å². The maximum Gasteiger partial charge on any atom is 0.228 e. The Kier molecular flexibility index (Phi) is 5.95. The van der Waals surface area contributed by atoms with Crippen LogP contribution in [0.25, 0.3) is 11.1 Å². The van der Waals surface area contributed by atoms with E-state index < -0.39 is 0 Å². The molecule has 4 rings (SSSR count). The Hall–Kier alpha value is -3.06. The fraction of sp³-hybridized carbons (Fsp3) is 0.318. The van der Waals surface area contributed by atoms with Crippen molar-refractivity contribution in [3.8, 4) is 11.1 Å². The molecule has 7 heteroatoms. The number of nitrogens with one attached hydrogen (secondary N) is 1. The van der Waals surface area contributed by atoms with Gasteiger partial charge in [-0.15, -0.1) is 10.2 Å². The third-order valence-electron chi connectivity index (χ3n) is 5.32. The minimum Gasteiger partial charge on any atom is -0.326 e. The van der Waals surface area contributed by atoms with Gasteiger partial charge in [0.1, 0.15) is 18.5 Å². The Morgan fingerprint density at radius 1 is 1.07 bits per heavy atom. The molecule has 0 radical (unpaired) electrons. The minimum absolute atomic E-state index is 0.0286. The van der Waals surface area contributed by atoms with Crippen molar-refractivity contribution in [3.05, 3.63) is 67.0 Å². The number of hydrogen-bond donors (Lipinski definition) is 1. The number of likely N-dealkylation sites (tertiary alicyclic amines) is 1. The van der Waals surface area contributed by atoms with Crippen LogP contribution in [0.1, 0.15) is 12.8 Å². The first kappa shape index (κ1) is 19.3. The van der Waals surface area contributed by atoms with E-state index in [-0.39, 0.29) is 17.6 Å². The maximum absolute atomic E-state index is 13.2. The lowest BCUT2D eigenvalue weighted by molar-refractivity contribution is -0.121. The molecule has 1 amide bonds. The maximum atomic E-state index is 13.2. The number of benzene rings is 2. The third-order valence-corrected chi connectivity index (χ3v) is 5.32. The van der Waals surface area contributed by atoms with Gasteiger partial charge in [0, 0.05) is 25.3 Å². The number of piperidine rings is 1. The quantitative estimate of drug-likeness (QED) is 0.697. The predicted molar refractivity (Wildman–Crippen MR) is 110 cm³/mol. The van der Waals surface area contributed by atoms with Gasteiger partial charge in [0.05, 0.1) is 5.92 Å². The van der Waals surface area contributed by atoms with E-state index in [1.54, 1.807) is 24.8 Å². The summed E-state index contributed by atoms with van der Waals surface area (Å²) in [6, 6.07) is 14.0. The molecule has 0 aliphatic carbocycles. The topological polar surface area (TPSA) is 63.1 Å². The highest BCUT2D eigenvalue weighted by Crippen LogP contribution is 2.24. The van der Waals surface area contributed by atoms with Crippen molar-refractivity contribution < 1.29 is 9.18 Å². The molecule has 2 heterocycles. The van der Waals surface area contributed by atoms with Gasteiger partial charge in [-0.2, -0.15) is 0 Å². The first-order valence-corrected chi connectivity index (χ1v) is 9.89. The average molecular weight is 393 g/mol. The summed E-state index contributed by atoms with van der Waals surface area (Å²) in [5.41, 5.74) is 2.63. The van der Waals surface area contributed by atoms with Crippen LogP contribution in [-0.2, 0) is 11.3 Å². The second kappa shape index (κ2) is 8.96. The summed E-state index contributed by atoms with van der Waals surface area (Å²) in [4.78, 5) is 15.1. The van der Waals surface area contributed by atoms with E-state index in [0.29, 0.717) is 0 Å². The zero-order chi connectivity index (χ0) is 20.1. The molecule has 0 bridgehead atoms. The van der Waals surface area contributed by atoms with Crippen LogP contribution in [0.2, 0.25) is 0 Å². The largest absolute Gasteiger partial charge is 0.326 e. The van der Waals surface area contributed by atoms with Gasteiger partial charge in [0.2, 0.25) is 5.91 Å². The highest BCUT2D eigenvalue weighted by Gasteiger charge is 2.25. The monoisotopic (exact) mass is 393 g/mol. The molecule has 6 nitrogen and oxygen atoms in total. The molecule has 1 aliphatic rings. The van der Waals surface area contributed by atoms with Crippen LogP contribution in [0.15, 0.2) is 61.2 Å². The first-order chi connectivity index (χ1) is 14.2. The van der Waals surface area contributed by atoms with Crippen molar-refractivity contribution in [1.29, 1.82) is 0 Å². The molecule has 1 aliphatic heterocycles. The Balaban J connectivity index is 1.36. The number of hydrogen-bond acceptors (Lipinski definition) is 4. The number of rotatable bonds is 6. The Bertz CT molecular complexity index is 942. The zero-order valence-electron chi connectivity index (χ0n) is 16.2. The van der Waals surface area contributed by atoms with Gasteiger partial charge in [-0.25, -0.2) is 4.39 Å². The molecule has 29 heavy (non-hydrogen) atoms. The van der Waals surface area contributed by atoms with Crippen LogP contribution < -0.4 is 5.32 Å². The molecular weight excluding hydrogens is 369 g/mol. The summed E-state index contributed by atoms with van der Waals surface area (Å²) in [6.45, 7) is 3.46. The standard InChI is InChI=1S/C22H24FN5O/c23-20-8-6-17(7-9-20)18-3-1-5-21(13-18)26-22(29)19-4-2-10-27(14-19)11-12-28-15-24-25-16-28/h1,3,5-9,13,15-16,19H,2,4,10-12,14H2,(H,26,29)/t19-/m0/s1. The minimum atomic E-state index is -0.260. The van der Waals surface area contributed by atoms with Crippen LogP contribution in [0.3, 0.4) is 0 Å². The Labute approximate surface area is 169 Å². The fourth-order valence-corrected chi connectivity index (χ4v) is 3.73. The molecule has 1 aromatic heterocycles. The normalized spacial score (nSPS) is 17.2. The molecule has 1 atom stereocenters. The summed E-state index contributed by atoms with van der Waals surface area (Å²) in [6.07, 6.45) is 5.33. The Morgan fingerprint density at radius 2 is 1.86 bits per heavy atom. The average Bonchev–Trinajstić information content (AvgIpc) is 3.27. The van der Waals surface area contributed by atoms with Crippen molar-refractivity contribution in [3.63, 3.8) is 0 Å². The van der Waals surface area contributed by atoms with Crippen LogP contribution in [0, 0.1) is 11.7 Å². The summed E-state index contributed by atoms with van der Waals surface area (Å²) < 4.78 is 15.1. The first-order valence-electron chi connectivity index (χ1n) is 9.89. The zero-order valence-corrected chi connectivity index (χ0v) is 16.2. The number of carbonyl (C=O) groups is 1. The predicted octanol–water partition coefficient (Wildman–Crippen LogP) is 3.43. The molecule has 2 aromatic carbocycles. The summed E-state index contributed by atoms with van der Waals surface area (Å²) >= 11 is 0. The number of halogens is 1. The molecule has 3 aromatic rings. The van der Waals surface area contributed by atoms with Gasteiger partial charge in [0.25, 0.3) is 0 Å². The number of amides is 1. The lowest BCUT2D eigenvalue weighted by Crippen LogP contribution is -2.41. The van der Waals surface area contributed by atoms with Crippen LogP contribution in [0.4, 0.5) is 10.1 Å². The van der Waals surface area contributed by atoms with E-state index in [1.807, 2.05) is 28.8 Å². The van der Waals surface area contributed by atoms with E-state index in [9.17, 15) is 9.18 Å². The molecule has 1 saturated heterocycles. The van der Waals surface area contributed by atoms with Gasteiger partial charge in [0.15, 0.2) is 0 Å². The molecule has 150 valence electrons. The summed E-state index contributed by atoms with van der Waals surface area (Å²) in [5.74, 6) is -0.237. The third kappa shape index (κ3) is 5.06. The van der Waals surface area contributed by atoms with E-state index in [0.717, 1.165) is 55.8 Å². The van der Waals surface area contributed by atoms with Crippen molar-refractivity contribution >= 4 is 11.6 Å². The smallest absolute Gasteiger partial charge is 0.228 e. The number of nitrogens with zero attached hydrogens (tertiary/aromatic N) is 4. The second-order valence-corrected chi connectivity index (χ2v) is 7.42. The van der Waals surface area contributed by atoms with Crippen LogP contribution in [-0.4, -0.2) is 45.2 Å². The van der Waals surface area contributed by atoms with Crippen LogP contribution in [0.5, 0.6) is 0 Å². The molecular formula is C22H24FN5O. The molecule has 0 unspecified atom stereocenters. The Morgan fingerprint density at radius 3 is 2.66 bits per heavy atom. The van der Waals surface area contributed by atoms with E-state index in [2.05, 4.69) is 20.4 Å². The van der Waals surface area contributed by atoms with Gasteiger partial charge >= 0.3 is 0 Å². The molecule has 0 saturated carbocycles. The number of anilines is 1. The van der Waals surface area contributed by atoms with Crippen molar-refractivity contribution in [1.82, 2.24) is 19.7 Å². The van der Waals surface area contributed by atoms with Gasteiger partial charge in [-0.05, 0) is 54.8 Å². The molecule has 1 fully saturated rings. The number of carbonyl (C=O) groups excluding carboxylic acids is 1. The SMILES string of the molecule is O=C(Nc1cccc(-c2ccc(F)cc2)c1)[C@H]1CCCN(CCn2cnnc2)C1. The van der Waals surface area contributed by atoms with Gasteiger partial charge in [-0.3, -0.25) is 4.79 Å². The van der Waals surface area contributed by atoms with Gasteiger partial charge < -0.3 is 14.8 Å². The number of aromatic nitrogens is 3. The molecule has 1 N–H and O–H groups in total. The summed E-state index contributed by atoms with van der Waals surface area (Å²) in [7, 11) is 0. The second-order valence-electron chi connectivity index (χ2n) is 7.42. The van der Waals surface area contributed by atoms with Crippen molar-refractivity contribution in [2.75, 3.05) is 25.0 Å². The summed E-state index contributed by atoms with van der Waals surface area (Å²) in [5, 5.41) is 10.7. The lowest BCUT2D eigenvalue weighted by atomic mass is 9.97. The lowest BCUT2D eigenvalue weighted by Gasteiger charge is -2.32. The van der Waals surface area contributed by atoms with Gasteiger partial charge in [-0.1, -0.05) is 24.3 Å². The van der Waals surface area contributed by atoms with Crippen molar-refractivity contribution in [2.45, 2.75) is 19.4 Å². The van der Waals surface area contributed by atoms with E-state index in [1.165, 1.54) is 12.1 Å².